The van der Waals surface area contributed by atoms with Crippen molar-refractivity contribution >= 4 is 21.8 Å². The fourth-order valence-corrected chi connectivity index (χ4v) is 2.63. The summed E-state index contributed by atoms with van der Waals surface area (Å²) in [4.78, 5) is 14.1. The van der Waals surface area contributed by atoms with Gasteiger partial charge in [-0.1, -0.05) is 34.1 Å². The molecule has 2 rings (SSSR count). The van der Waals surface area contributed by atoms with Crippen LogP contribution in [0.1, 0.15) is 25.3 Å². The highest BCUT2D eigenvalue weighted by Crippen LogP contribution is 2.16. The first kappa shape index (κ1) is 13.6. The molecule has 0 bridgehead atoms. The third-order valence-electron chi connectivity index (χ3n) is 3.34. The first-order valence-corrected chi connectivity index (χ1v) is 7.23. The van der Waals surface area contributed by atoms with Gasteiger partial charge >= 0.3 is 0 Å². The number of hydrogen-bond acceptors (Lipinski definition) is 2. The standard InChI is InChI=1S/C14H19BrN2O/c1-11(14(18)17-8-4-5-9-17)16-10-12-6-2-3-7-13(12)15/h2-3,6-7,11,16H,4-5,8-10H2,1H3. The number of hydrogen-bond donors (Lipinski definition) is 1. The van der Waals surface area contributed by atoms with Gasteiger partial charge in [-0.25, -0.2) is 0 Å². The monoisotopic (exact) mass is 310 g/mol. The van der Waals surface area contributed by atoms with E-state index < -0.39 is 0 Å². The predicted molar refractivity (Wildman–Crippen MR) is 76.3 cm³/mol. The van der Waals surface area contributed by atoms with Gasteiger partial charge < -0.3 is 10.2 Å². The maximum Gasteiger partial charge on any atom is 0.239 e. The van der Waals surface area contributed by atoms with Crippen LogP contribution in [-0.4, -0.2) is 29.9 Å². The molecule has 0 spiro atoms. The van der Waals surface area contributed by atoms with Crippen LogP contribution in [-0.2, 0) is 11.3 Å². The molecule has 1 unspecified atom stereocenters. The lowest BCUT2D eigenvalue weighted by Crippen LogP contribution is -2.43. The molecule has 1 aromatic carbocycles. The second-order valence-corrected chi connectivity index (χ2v) is 5.58. The minimum Gasteiger partial charge on any atom is -0.341 e. The van der Waals surface area contributed by atoms with E-state index >= 15 is 0 Å². The summed E-state index contributed by atoms with van der Waals surface area (Å²) in [6, 6.07) is 7.96. The minimum atomic E-state index is -0.116. The maximum atomic E-state index is 12.1. The average molecular weight is 311 g/mol. The molecule has 4 heteroatoms. The Balaban J connectivity index is 1.86. The lowest BCUT2D eigenvalue weighted by atomic mass is 10.2. The molecular formula is C14H19BrN2O. The third-order valence-corrected chi connectivity index (χ3v) is 4.12. The zero-order valence-electron chi connectivity index (χ0n) is 10.7. The molecule has 0 radical (unpaired) electrons. The Morgan fingerprint density at radius 1 is 1.39 bits per heavy atom. The third kappa shape index (κ3) is 3.33. The molecule has 1 heterocycles. The fourth-order valence-electron chi connectivity index (χ4n) is 2.20. The molecule has 98 valence electrons. The number of benzene rings is 1. The van der Waals surface area contributed by atoms with Crippen LogP contribution in [0.3, 0.4) is 0 Å². The smallest absolute Gasteiger partial charge is 0.239 e. The first-order chi connectivity index (χ1) is 8.68. The number of carbonyl (C=O) groups excluding carboxylic acids is 1. The van der Waals surface area contributed by atoms with E-state index in [1.54, 1.807) is 0 Å². The average Bonchev–Trinajstić information content (AvgIpc) is 2.90. The first-order valence-electron chi connectivity index (χ1n) is 6.44. The molecule has 1 aliphatic heterocycles. The van der Waals surface area contributed by atoms with Gasteiger partial charge in [0.2, 0.25) is 5.91 Å². The Bertz CT molecular complexity index is 416. The summed E-state index contributed by atoms with van der Waals surface area (Å²) in [6.45, 7) is 4.49. The summed E-state index contributed by atoms with van der Waals surface area (Å²) in [7, 11) is 0. The van der Waals surface area contributed by atoms with Crippen LogP contribution in [0.25, 0.3) is 0 Å². The van der Waals surface area contributed by atoms with Crippen LogP contribution in [0.5, 0.6) is 0 Å². The SMILES string of the molecule is CC(NCc1ccccc1Br)C(=O)N1CCCC1. The summed E-state index contributed by atoms with van der Waals surface area (Å²) in [5.41, 5.74) is 1.18. The van der Waals surface area contributed by atoms with E-state index in [0.717, 1.165) is 30.4 Å². The summed E-state index contributed by atoms with van der Waals surface area (Å²) < 4.78 is 1.08. The molecule has 0 aliphatic carbocycles. The zero-order chi connectivity index (χ0) is 13.0. The van der Waals surface area contributed by atoms with Crippen LogP contribution >= 0.6 is 15.9 Å². The summed E-state index contributed by atoms with van der Waals surface area (Å²) in [5.74, 6) is 0.222. The van der Waals surface area contributed by atoms with Crippen molar-refractivity contribution in [3.8, 4) is 0 Å². The van der Waals surface area contributed by atoms with Crippen LogP contribution < -0.4 is 5.32 Å². The topological polar surface area (TPSA) is 32.3 Å². The van der Waals surface area contributed by atoms with Gasteiger partial charge in [-0.15, -0.1) is 0 Å². The molecule has 1 amide bonds. The van der Waals surface area contributed by atoms with Crippen molar-refractivity contribution in [2.24, 2.45) is 0 Å². The predicted octanol–water partition coefficient (Wildman–Crippen LogP) is 2.55. The molecular weight excluding hydrogens is 292 g/mol. The van der Waals surface area contributed by atoms with Crippen molar-refractivity contribution in [1.82, 2.24) is 10.2 Å². The number of carbonyl (C=O) groups is 1. The quantitative estimate of drug-likeness (QED) is 0.927. The second kappa shape index (κ2) is 6.34. The van der Waals surface area contributed by atoms with E-state index in [1.165, 1.54) is 5.56 Å². The highest BCUT2D eigenvalue weighted by Gasteiger charge is 2.22. The normalized spacial score (nSPS) is 16.9. The van der Waals surface area contributed by atoms with Gasteiger partial charge in [-0.2, -0.15) is 0 Å². The van der Waals surface area contributed by atoms with E-state index in [4.69, 9.17) is 0 Å². The van der Waals surface area contributed by atoms with Crippen molar-refractivity contribution in [1.29, 1.82) is 0 Å². The molecule has 0 aromatic heterocycles. The molecule has 1 N–H and O–H groups in total. The number of amides is 1. The van der Waals surface area contributed by atoms with Gasteiger partial charge in [0.1, 0.15) is 0 Å². The van der Waals surface area contributed by atoms with Crippen molar-refractivity contribution in [3.05, 3.63) is 34.3 Å². The molecule has 1 atom stereocenters. The van der Waals surface area contributed by atoms with Crippen molar-refractivity contribution in [2.45, 2.75) is 32.4 Å². The van der Waals surface area contributed by atoms with E-state index in [-0.39, 0.29) is 11.9 Å². The molecule has 0 saturated carbocycles. The fraction of sp³-hybridized carbons (Fsp3) is 0.500. The maximum absolute atomic E-state index is 12.1. The lowest BCUT2D eigenvalue weighted by molar-refractivity contribution is -0.131. The Morgan fingerprint density at radius 2 is 2.06 bits per heavy atom. The van der Waals surface area contributed by atoms with Crippen LogP contribution in [0.4, 0.5) is 0 Å². The molecule has 18 heavy (non-hydrogen) atoms. The van der Waals surface area contributed by atoms with Crippen LogP contribution in [0.15, 0.2) is 28.7 Å². The van der Waals surface area contributed by atoms with Gasteiger partial charge in [0.05, 0.1) is 6.04 Å². The highest BCUT2D eigenvalue weighted by atomic mass is 79.9. The van der Waals surface area contributed by atoms with E-state index in [0.29, 0.717) is 6.54 Å². The number of halogens is 1. The number of nitrogens with zero attached hydrogens (tertiary/aromatic N) is 1. The Morgan fingerprint density at radius 3 is 2.72 bits per heavy atom. The zero-order valence-corrected chi connectivity index (χ0v) is 12.2. The Labute approximate surface area is 117 Å². The Kier molecular flexibility index (Phi) is 4.78. The summed E-state index contributed by atoms with van der Waals surface area (Å²) >= 11 is 3.51. The van der Waals surface area contributed by atoms with Crippen LogP contribution in [0, 0.1) is 0 Å². The van der Waals surface area contributed by atoms with Crippen LogP contribution in [0.2, 0.25) is 0 Å². The largest absolute Gasteiger partial charge is 0.341 e. The van der Waals surface area contributed by atoms with Gasteiger partial charge in [0.25, 0.3) is 0 Å². The van der Waals surface area contributed by atoms with Crippen molar-refractivity contribution < 1.29 is 4.79 Å². The number of likely N-dealkylation sites (tertiary alicyclic amines) is 1. The van der Waals surface area contributed by atoms with E-state index in [2.05, 4.69) is 27.3 Å². The van der Waals surface area contributed by atoms with E-state index in [9.17, 15) is 4.79 Å². The van der Waals surface area contributed by atoms with Crippen molar-refractivity contribution in [3.63, 3.8) is 0 Å². The second-order valence-electron chi connectivity index (χ2n) is 4.73. The molecule has 1 aliphatic rings. The van der Waals surface area contributed by atoms with Gasteiger partial charge in [-0.05, 0) is 31.4 Å². The molecule has 1 fully saturated rings. The minimum absolute atomic E-state index is 0.116. The van der Waals surface area contributed by atoms with Gasteiger partial charge in [0.15, 0.2) is 0 Å². The van der Waals surface area contributed by atoms with Crippen molar-refractivity contribution in [2.75, 3.05) is 13.1 Å². The summed E-state index contributed by atoms with van der Waals surface area (Å²) in [6.07, 6.45) is 2.28. The molecule has 1 aromatic rings. The number of nitrogens with one attached hydrogen (secondary N) is 1. The van der Waals surface area contributed by atoms with Gasteiger partial charge in [-0.3, -0.25) is 4.79 Å². The number of rotatable bonds is 4. The summed E-state index contributed by atoms with van der Waals surface area (Å²) in [5, 5.41) is 3.30. The molecule has 3 nitrogen and oxygen atoms in total. The highest BCUT2D eigenvalue weighted by molar-refractivity contribution is 9.10. The van der Waals surface area contributed by atoms with Gasteiger partial charge in [0, 0.05) is 24.1 Å². The Hall–Kier alpha value is -0.870. The molecule has 1 saturated heterocycles. The lowest BCUT2D eigenvalue weighted by Gasteiger charge is -2.21. The van der Waals surface area contributed by atoms with E-state index in [1.807, 2.05) is 30.0 Å².